The minimum Gasteiger partial charge on any atom is -0.548 e. The molecule has 2 N–H and O–H groups in total. The molecule has 1 saturated heterocycles. The second-order valence-corrected chi connectivity index (χ2v) is 4.62. The van der Waals surface area contributed by atoms with Crippen molar-refractivity contribution in [1.29, 1.82) is 0 Å². The van der Waals surface area contributed by atoms with E-state index in [1.165, 1.54) is 6.08 Å². The van der Waals surface area contributed by atoms with Gasteiger partial charge in [-0.25, -0.2) is 4.99 Å². The fraction of sp³-hybridized carbons (Fsp3) is 0.0833. The number of carbonyl (C=O) groups excluding carboxylic acids is 2. The van der Waals surface area contributed by atoms with Crippen LogP contribution >= 0.6 is 23.2 Å². The molecule has 0 atom stereocenters. The molecule has 0 radical (unpaired) electrons. The number of aliphatic imine (C=N–C) groups is 1. The first kappa shape index (κ1) is 14.4. The molecule has 0 spiro atoms. The van der Waals surface area contributed by atoms with Gasteiger partial charge in [-0.3, -0.25) is 10.1 Å². The number of nitrogens with zero attached hydrogens (tertiary/aromatic N) is 1. The average molecular weight is 313 g/mol. The van der Waals surface area contributed by atoms with Gasteiger partial charge in [0.1, 0.15) is 5.70 Å². The number of hydrogen-bond donors (Lipinski definition) is 2. The van der Waals surface area contributed by atoms with Gasteiger partial charge < -0.3 is 15.2 Å². The maximum Gasteiger partial charge on any atom is 0.274 e. The fourth-order valence-corrected chi connectivity index (χ4v) is 2.01. The van der Waals surface area contributed by atoms with Gasteiger partial charge in [0.05, 0.1) is 12.5 Å². The van der Waals surface area contributed by atoms with Crippen LogP contribution < -0.4 is 15.7 Å². The third-order valence-corrected chi connectivity index (χ3v) is 3.04. The molecule has 6 nitrogen and oxygen atoms in total. The SMILES string of the molecule is O=C([O-])CN=C1NC(=O)/C(=C/c2c(Cl)cccc2Cl)N1. The smallest absolute Gasteiger partial charge is 0.274 e. The normalized spacial score (nSPS) is 18.2. The highest BCUT2D eigenvalue weighted by Crippen LogP contribution is 2.26. The molecule has 1 amide bonds. The molecule has 20 heavy (non-hydrogen) atoms. The van der Waals surface area contributed by atoms with Gasteiger partial charge in [0, 0.05) is 15.6 Å². The van der Waals surface area contributed by atoms with E-state index in [9.17, 15) is 14.7 Å². The number of aliphatic carboxylic acids is 1. The second-order valence-electron chi connectivity index (χ2n) is 3.81. The Bertz CT molecular complexity index is 621. The molecule has 0 aromatic heterocycles. The minimum absolute atomic E-state index is 0.0358. The maximum absolute atomic E-state index is 11.7. The average Bonchev–Trinajstić information content (AvgIpc) is 2.72. The van der Waals surface area contributed by atoms with Crippen LogP contribution in [0.1, 0.15) is 5.56 Å². The molecule has 0 saturated carbocycles. The number of carbonyl (C=O) groups is 2. The zero-order chi connectivity index (χ0) is 14.7. The van der Waals surface area contributed by atoms with Crippen molar-refractivity contribution < 1.29 is 14.7 Å². The van der Waals surface area contributed by atoms with E-state index >= 15 is 0 Å². The van der Waals surface area contributed by atoms with E-state index in [1.54, 1.807) is 18.2 Å². The Balaban J connectivity index is 2.26. The van der Waals surface area contributed by atoms with E-state index in [-0.39, 0.29) is 11.7 Å². The van der Waals surface area contributed by atoms with E-state index in [1.807, 2.05) is 0 Å². The molecule has 1 heterocycles. The first-order chi connectivity index (χ1) is 9.47. The summed E-state index contributed by atoms with van der Waals surface area (Å²) in [6, 6.07) is 4.96. The lowest BCUT2D eigenvalue weighted by Crippen LogP contribution is -2.30. The van der Waals surface area contributed by atoms with Crippen molar-refractivity contribution in [2.24, 2.45) is 4.99 Å². The summed E-state index contributed by atoms with van der Waals surface area (Å²) in [6.45, 7) is -0.553. The number of hydrogen-bond acceptors (Lipinski definition) is 4. The zero-order valence-electron chi connectivity index (χ0n) is 9.94. The number of carboxylic acids is 1. The number of carboxylic acid groups (broad SMARTS) is 1. The van der Waals surface area contributed by atoms with Crippen molar-refractivity contribution in [3.63, 3.8) is 0 Å². The van der Waals surface area contributed by atoms with Crippen LogP contribution in [0.25, 0.3) is 6.08 Å². The quantitative estimate of drug-likeness (QED) is 0.777. The van der Waals surface area contributed by atoms with E-state index < -0.39 is 18.4 Å². The third kappa shape index (κ3) is 3.28. The molecule has 1 aliphatic rings. The molecular weight excluding hydrogens is 305 g/mol. The fourth-order valence-electron chi connectivity index (χ4n) is 1.51. The van der Waals surface area contributed by atoms with Gasteiger partial charge in [0.25, 0.3) is 5.91 Å². The van der Waals surface area contributed by atoms with E-state index in [2.05, 4.69) is 15.6 Å². The number of rotatable bonds is 3. The van der Waals surface area contributed by atoms with Crippen molar-refractivity contribution >= 4 is 47.1 Å². The standard InChI is InChI=1S/C12H9Cl2N3O3/c13-7-2-1-3-8(14)6(7)4-9-11(20)17-12(16-9)15-5-10(18)19/h1-4H,5H2,(H,18,19)(H2,15,16,17,20)/p-1/b9-4-. The predicted molar refractivity (Wildman–Crippen MR) is 73.0 cm³/mol. The molecule has 0 unspecified atom stereocenters. The molecule has 1 fully saturated rings. The summed E-state index contributed by atoms with van der Waals surface area (Å²) in [7, 11) is 0. The van der Waals surface area contributed by atoms with Gasteiger partial charge in [-0.1, -0.05) is 29.3 Å². The van der Waals surface area contributed by atoms with E-state index in [0.29, 0.717) is 15.6 Å². The molecule has 8 heteroatoms. The van der Waals surface area contributed by atoms with E-state index in [4.69, 9.17) is 23.2 Å². The Labute approximate surface area is 124 Å². The molecule has 1 aromatic carbocycles. The van der Waals surface area contributed by atoms with Crippen molar-refractivity contribution in [1.82, 2.24) is 10.6 Å². The lowest BCUT2D eigenvalue weighted by Gasteiger charge is -2.02. The lowest BCUT2D eigenvalue weighted by molar-refractivity contribution is -0.303. The zero-order valence-corrected chi connectivity index (χ0v) is 11.5. The van der Waals surface area contributed by atoms with Crippen LogP contribution in [0.15, 0.2) is 28.9 Å². The van der Waals surface area contributed by atoms with Crippen LogP contribution in [0, 0.1) is 0 Å². The summed E-state index contributed by atoms with van der Waals surface area (Å²) in [4.78, 5) is 25.6. The van der Waals surface area contributed by atoms with E-state index in [0.717, 1.165) is 0 Å². The Hall–Kier alpha value is -2.05. The monoisotopic (exact) mass is 312 g/mol. The molecule has 1 aromatic rings. The predicted octanol–water partition coefficient (Wildman–Crippen LogP) is 0.160. The van der Waals surface area contributed by atoms with Crippen LogP contribution in [-0.2, 0) is 9.59 Å². The minimum atomic E-state index is -1.35. The topological polar surface area (TPSA) is 93.6 Å². The molecule has 104 valence electrons. The van der Waals surface area contributed by atoms with Crippen molar-refractivity contribution in [3.05, 3.63) is 39.5 Å². The first-order valence-corrected chi connectivity index (χ1v) is 6.21. The number of amides is 1. The number of benzene rings is 1. The summed E-state index contributed by atoms with van der Waals surface area (Å²) in [6.07, 6.45) is 1.46. The molecule has 0 bridgehead atoms. The Morgan fingerprint density at radius 1 is 1.30 bits per heavy atom. The molecule has 0 aliphatic carbocycles. The maximum atomic E-state index is 11.7. The van der Waals surface area contributed by atoms with Crippen LogP contribution in [0.3, 0.4) is 0 Å². The molecule has 2 rings (SSSR count). The van der Waals surface area contributed by atoms with Crippen LogP contribution in [0.2, 0.25) is 10.0 Å². The number of nitrogens with one attached hydrogen (secondary N) is 2. The van der Waals surface area contributed by atoms with Crippen molar-refractivity contribution in [2.45, 2.75) is 0 Å². The highest BCUT2D eigenvalue weighted by Gasteiger charge is 2.22. The van der Waals surface area contributed by atoms with Crippen molar-refractivity contribution in [3.8, 4) is 0 Å². The highest BCUT2D eigenvalue weighted by molar-refractivity contribution is 6.37. The molecule has 1 aliphatic heterocycles. The first-order valence-electron chi connectivity index (χ1n) is 5.46. The summed E-state index contributed by atoms with van der Waals surface area (Å²) in [5.41, 5.74) is 0.645. The summed E-state index contributed by atoms with van der Waals surface area (Å²) in [5.74, 6) is -1.77. The van der Waals surface area contributed by atoms with Gasteiger partial charge >= 0.3 is 0 Å². The number of guanidine groups is 1. The Morgan fingerprint density at radius 3 is 2.55 bits per heavy atom. The van der Waals surface area contributed by atoms with Gasteiger partial charge in [-0.05, 0) is 18.2 Å². The highest BCUT2D eigenvalue weighted by atomic mass is 35.5. The van der Waals surface area contributed by atoms with Gasteiger partial charge in [0.15, 0.2) is 0 Å². The van der Waals surface area contributed by atoms with Crippen LogP contribution in [-0.4, -0.2) is 24.4 Å². The van der Waals surface area contributed by atoms with Gasteiger partial charge in [0.2, 0.25) is 5.96 Å². The lowest BCUT2D eigenvalue weighted by atomic mass is 10.2. The molecular formula is C12H8Cl2N3O3-. The Kier molecular flexibility index (Phi) is 4.26. The van der Waals surface area contributed by atoms with Gasteiger partial charge in [-0.15, -0.1) is 0 Å². The van der Waals surface area contributed by atoms with Gasteiger partial charge in [-0.2, -0.15) is 0 Å². The third-order valence-electron chi connectivity index (χ3n) is 2.38. The summed E-state index contributed by atoms with van der Waals surface area (Å²) < 4.78 is 0. The van der Waals surface area contributed by atoms with Crippen molar-refractivity contribution in [2.75, 3.05) is 6.54 Å². The van der Waals surface area contributed by atoms with Crippen LogP contribution in [0.4, 0.5) is 0 Å². The van der Waals surface area contributed by atoms with Crippen LogP contribution in [0.5, 0.6) is 0 Å². The second kappa shape index (κ2) is 5.94. The Morgan fingerprint density at radius 2 is 1.95 bits per heavy atom. The summed E-state index contributed by atoms with van der Waals surface area (Å²) in [5, 5.41) is 16.1. The largest absolute Gasteiger partial charge is 0.548 e. The number of halogens is 2. The summed E-state index contributed by atoms with van der Waals surface area (Å²) >= 11 is 12.0.